The van der Waals surface area contributed by atoms with Crippen LogP contribution in [0.5, 0.6) is 0 Å². The Morgan fingerprint density at radius 1 is 1.19 bits per heavy atom. The van der Waals surface area contributed by atoms with Gasteiger partial charge in [-0.2, -0.15) is 5.10 Å². The molecule has 26 heavy (non-hydrogen) atoms. The molecule has 3 heterocycles. The second-order valence-corrected chi connectivity index (χ2v) is 6.40. The van der Waals surface area contributed by atoms with E-state index in [-0.39, 0.29) is 16.9 Å². The van der Waals surface area contributed by atoms with Crippen molar-refractivity contribution in [1.29, 1.82) is 0 Å². The molecule has 4 aromatic rings. The molecule has 0 unspecified atom stereocenters. The lowest BCUT2D eigenvalue weighted by Crippen LogP contribution is -2.14. The minimum atomic E-state index is -0.639. The summed E-state index contributed by atoms with van der Waals surface area (Å²) in [5.74, 6) is -0.884. The maximum Gasteiger partial charge on any atom is 0.253 e. The normalized spacial score (nSPS) is 11.5. The molecule has 1 amide bonds. The average Bonchev–Trinajstić information content (AvgIpc) is 3.13. The maximum absolute atomic E-state index is 14.2. The van der Waals surface area contributed by atoms with Gasteiger partial charge >= 0.3 is 0 Å². The van der Waals surface area contributed by atoms with Crippen molar-refractivity contribution < 1.29 is 9.18 Å². The molecule has 0 atom stereocenters. The second-order valence-electron chi connectivity index (χ2n) is 6.40. The number of fused-ring (bicyclic) bond motifs is 2. The first-order valence-corrected chi connectivity index (χ1v) is 8.01. The van der Waals surface area contributed by atoms with E-state index >= 15 is 0 Å². The first-order valence-electron chi connectivity index (χ1n) is 8.01. The first kappa shape index (κ1) is 16.1. The molecule has 0 bridgehead atoms. The minimum Gasteiger partial charge on any atom is -0.384 e. The minimum absolute atomic E-state index is 0.169. The van der Waals surface area contributed by atoms with Gasteiger partial charge in [0.1, 0.15) is 22.8 Å². The van der Waals surface area contributed by atoms with Crippen molar-refractivity contribution in [2.24, 2.45) is 5.73 Å². The number of carbonyl (C=O) groups excluding carboxylic acids is 1. The first-order chi connectivity index (χ1) is 12.3. The topological polar surface area (TPSA) is 116 Å². The molecule has 0 aliphatic rings. The molecule has 0 spiro atoms. The highest BCUT2D eigenvalue weighted by Crippen LogP contribution is 2.36. The van der Waals surface area contributed by atoms with E-state index in [4.69, 9.17) is 11.5 Å². The van der Waals surface area contributed by atoms with E-state index in [0.717, 1.165) is 11.3 Å². The van der Waals surface area contributed by atoms with Gasteiger partial charge in [0.15, 0.2) is 0 Å². The molecule has 3 aromatic heterocycles. The fourth-order valence-corrected chi connectivity index (χ4v) is 3.38. The zero-order valence-electron chi connectivity index (χ0n) is 14.5. The van der Waals surface area contributed by atoms with Crippen molar-refractivity contribution in [3.05, 3.63) is 46.5 Å². The smallest absolute Gasteiger partial charge is 0.253 e. The van der Waals surface area contributed by atoms with Gasteiger partial charge in [-0.3, -0.25) is 14.5 Å². The predicted molar refractivity (Wildman–Crippen MR) is 97.8 cm³/mol. The Labute approximate surface area is 147 Å². The molecule has 0 aliphatic carbocycles. The zero-order valence-corrected chi connectivity index (χ0v) is 14.5. The maximum atomic E-state index is 14.2. The summed E-state index contributed by atoms with van der Waals surface area (Å²) in [6.45, 7) is 5.54. The van der Waals surface area contributed by atoms with Crippen LogP contribution in [0, 0.1) is 26.6 Å². The molecule has 0 saturated carbocycles. The molecule has 0 radical (unpaired) electrons. The number of primary amides is 1. The Morgan fingerprint density at radius 2 is 1.92 bits per heavy atom. The molecule has 4 rings (SSSR count). The SMILES string of the molecule is Cc1cc2c(C(N)=O)c(N)n(-c3c(C)cc(F)c4[nH]ncc34)c2nc1C. The van der Waals surface area contributed by atoms with Crippen molar-refractivity contribution in [1.82, 2.24) is 19.7 Å². The number of carbonyl (C=O) groups is 1. The molecule has 132 valence electrons. The van der Waals surface area contributed by atoms with E-state index in [9.17, 15) is 9.18 Å². The van der Waals surface area contributed by atoms with E-state index in [1.807, 2.05) is 19.9 Å². The van der Waals surface area contributed by atoms with Crippen molar-refractivity contribution >= 4 is 33.7 Å². The summed E-state index contributed by atoms with van der Waals surface area (Å²) in [4.78, 5) is 16.7. The number of aromatic amines is 1. The largest absolute Gasteiger partial charge is 0.384 e. The Balaban J connectivity index is 2.24. The van der Waals surface area contributed by atoms with Gasteiger partial charge in [-0.25, -0.2) is 9.37 Å². The third kappa shape index (κ3) is 2.01. The lowest BCUT2D eigenvalue weighted by Gasteiger charge is -2.13. The van der Waals surface area contributed by atoms with Crippen molar-refractivity contribution in [2.75, 3.05) is 5.73 Å². The van der Waals surface area contributed by atoms with E-state index in [1.54, 1.807) is 11.5 Å². The van der Waals surface area contributed by atoms with Gasteiger partial charge < -0.3 is 11.5 Å². The Hall–Kier alpha value is -3.42. The monoisotopic (exact) mass is 352 g/mol. The summed E-state index contributed by atoms with van der Waals surface area (Å²) in [5, 5.41) is 7.70. The number of aryl methyl sites for hydroxylation is 3. The number of nitrogens with zero attached hydrogens (tertiary/aromatic N) is 3. The Morgan fingerprint density at radius 3 is 2.62 bits per heavy atom. The molecule has 0 saturated heterocycles. The fourth-order valence-electron chi connectivity index (χ4n) is 3.38. The molecular formula is C18H17FN6O. The molecule has 5 N–H and O–H groups in total. The molecule has 7 nitrogen and oxygen atoms in total. The number of nitrogen functional groups attached to an aromatic ring is 1. The van der Waals surface area contributed by atoms with Gasteiger partial charge in [-0.05, 0) is 44.0 Å². The van der Waals surface area contributed by atoms with Crippen LogP contribution in [0.15, 0.2) is 18.3 Å². The highest BCUT2D eigenvalue weighted by Gasteiger charge is 2.24. The number of nitrogens with two attached hydrogens (primary N) is 2. The highest BCUT2D eigenvalue weighted by molar-refractivity contribution is 6.11. The number of nitrogens with one attached hydrogen (secondary N) is 1. The zero-order chi connectivity index (χ0) is 18.7. The van der Waals surface area contributed by atoms with Crippen LogP contribution in [0.1, 0.15) is 27.2 Å². The summed E-state index contributed by atoms with van der Waals surface area (Å²) in [6, 6.07) is 3.24. The van der Waals surface area contributed by atoms with Crippen LogP contribution in [-0.2, 0) is 0 Å². The standard InChI is InChI=1S/C18H17FN6O/c1-7-4-10-13(17(21)26)16(20)25(18(10)23-9(7)3)15-8(2)5-12(19)14-11(15)6-22-24-14/h4-6H,20H2,1-3H3,(H2,21,26)(H,22,24). The fraction of sp³-hybridized carbons (Fsp3) is 0.167. The van der Waals surface area contributed by atoms with Crippen molar-refractivity contribution in [3.63, 3.8) is 0 Å². The number of pyridine rings is 1. The van der Waals surface area contributed by atoms with E-state index < -0.39 is 11.7 Å². The van der Waals surface area contributed by atoms with E-state index in [1.165, 1.54) is 12.3 Å². The summed E-state index contributed by atoms with van der Waals surface area (Å²) >= 11 is 0. The van der Waals surface area contributed by atoms with Gasteiger partial charge in [0.25, 0.3) is 5.91 Å². The number of anilines is 1. The number of aromatic nitrogens is 4. The number of hydrogen-bond donors (Lipinski definition) is 3. The van der Waals surface area contributed by atoms with Crippen LogP contribution in [-0.4, -0.2) is 25.7 Å². The van der Waals surface area contributed by atoms with E-state index in [0.29, 0.717) is 27.7 Å². The van der Waals surface area contributed by atoms with Crippen LogP contribution in [0.4, 0.5) is 10.2 Å². The summed E-state index contributed by atoms with van der Waals surface area (Å²) in [6.07, 6.45) is 1.52. The summed E-state index contributed by atoms with van der Waals surface area (Å²) in [7, 11) is 0. The second kappa shape index (κ2) is 5.29. The van der Waals surface area contributed by atoms with Gasteiger partial charge in [0.05, 0.1) is 17.4 Å². The number of amides is 1. The van der Waals surface area contributed by atoms with Crippen molar-refractivity contribution in [3.8, 4) is 5.69 Å². The predicted octanol–water partition coefficient (Wildman–Crippen LogP) is 2.65. The number of halogens is 1. The lowest BCUT2D eigenvalue weighted by atomic mass is 10.1. The Kier molecular flexibility index (Phi) is 3.27. The van der Waals surface area contributed by atoms with Crippen LogP contribution >= 0.6 is 0 Å². The Bertz CT molecular complexity index is 1220. The summed E-state index contributed by atoms with van der Waals surface area (Å²) < 4.78 is 15.9. The molecule has 0 aliphatic heterocycles. The third-order valence-corrected chi connectivity index (χ3v) is 4.74. The third-order valence-electron chi connectivity index (χ3n) is 4.74. The van der Waals surface area contributed by atoms with Gasteiger partial charge in [-0.15, -0.1) is 0 Å². The lowest BCUT2D eigenvalue weighted by molar-refractivity contribution is 0.100. The van der Waals surface area contributed by atoms with E-state index in [2.05, 4.69) is 15.2 Å². The van der Waals surface area contributed by atoms with Crippen molar-refractivity contribution in [2.45, 2.75) is 20.8 Å². The number of hydrogen-bond acceptors (Lipinski definition) is 4. The average molecular weight is 352 g/mol. The molecule has 8 heteroatoms. The van der Waals surface area contributed by atoms with Crippen LogP contribution in [0.2, 0.25) is 0 Å². The number of H-pyrrole nitrogens is 1. The number of benzene rings is 1. The van der Waals surface area contributed by atoms with Crippen LogP contribution < -0.4 is 11.5 Å². The molecule has 0 fully saturated rings. The molecular weight excluding hydrogens is 335 g/mol. The van der Waals surface area contributed by atoms with Crippen LogP contribution in [0.3, 0.4) is 0 Å². The summed E-state index contributed by atoms with van der Waals surface area (Å²) in [5.41, 5.74) is 15.8. The van der Waals surface area contributed by atoms with Gasteiger partial charge in [0, 0.05) is 16.5 Å². The highest BCUT2D eigenvalue weighted by atomic mass is 19.1. The van der Waals surface area contributed by atoms with Gasteiger partial charge in [0.2, 0.25) is 0 Å². The molecule has 1 aromatic carbocycles. The number of rotatable bonds is 2. The van der Waals surface area contributed by atoms with Crippen LogP contribution in [0.25, 0.3) is 27.6 Å². The quantitative estimate of drug-likeness (QED) is 0.514. The van der Waals surface area contributed by atoms with Gasteiger partial charge in [-0.1, -0.05) is 0 Å².